The molecule has 0 aliphatic heterocycles. The number of amides is 1. The van der Waals surface area contributed by atoms with Crippen LogP contribution >= 0.6 is 0 Å². The van der Waals surface area contributed by atoms with Crippen LogP contribution in [0.25, 0.3) is 0 Å². The largest absolute Gasteiger partial charge is 0.470 e. The van der Waals surface area contributed by atoms with Crippen LogP contribution < -0.4 is 20.9 Å². The van der Waals surface area contributed by atoms with Crippen molar-refractivity contribution in [3.8, 4) is 11.9 Å². The molecule has 2 unspecified atom stereocenters. The fraction of sp³-hybridized carbons (Fsp3) is 0.688. The zero-order chi connectivity index (χ0) is 17.1. The molecule has 2 fully saturated rings. The van der Waals surface area contributed by atoms with Crippen LogP contribution in [0, 0.1) is 0 Å². The first-order valence-electron chi connectivity index (χ1n) is 8.49. The molecule has 1 heterocycles. The topological polar surface area (TPSA) is 113 Å². The summed E-state index contributed by atoms with van der Waals surface area (Å²) < 4.78 is 25.4. The second kappa shape index (κ2) is 7.19. The Hall–Kier alpha value is -2.12. The van der Waals surface area contributed by atoms with E-state index in [1.165, 1.54) is 0 Å². The highest BCUT2D eigenvalue weighted by Gasteiger charge is 2.30. The molecule has 132 valence electrons. The molecule has 1 aromatic heterocycles. The van der Waals surface area contributed by atoms with E-state index in [0.717, 1.165) is 38.5 Å². The van der Waals surface area contributed by atoms with Gasteiger partial charge in [0.2, 0.25) is 5.88 Å². The number of hydrogen-bond donors (Lipinski definition) is 2. The van der Waals surface area contributed by atoms with Gasteiger partial charge in [0, 0.05) is 0 Å². The minimum Gasteiger partial charge on any atom is -0.470 e. The van der Waals surface area contributed by atoms with Gasteiger partial charge in [-0.05, 0) is 44.9 Å². The molecule has 0 radical (unpaired) electrons. The zero-order valence-electron chi connectivity index (χ0n) is 13.5. The predicted octanol–water partition coefficient (Wildman–Crippen LogP) is 2.14. The van der Waals surface area contributed by atoms with Crippen molar-refractivity contribution in [2.45, 2.75) is 69.7 Å². The van der Waals surface area contributed by atoms with Gasteiger partial charge >= 0.3 is 6.01 Å². The van der Waals surface area contributed by atoms with Crippen molar-refractivity contribution in [3.63, 3.8) is 0 Å². The molecule has 2 saturated carbocycles. The number of primary amides is 1. The molecule has 7 nitrogen and oxygen atoms in total. The molecule has 1 amide bonds. The van der Waals surface area contributed by atoms with Crippen molar-refractivity contribution in [3.05, 3.63) is 5.56 Å². The molecule has 2 atom stereocenters. The van der Waals surface area contributed by atoms with Crippen LogP contribution in [0.1, 0.15) is 61.7 Å². The highest BCUT2D eigenvalue weighted by molar-refractivity contribution is 5.99. The number of aromatic nitrogens is 2. The van der Waals surface area contributed by atoms with Crippen molar-refractivity contribution < 1.29 is 18.7 Å². The Morgan fingerprint density at radius 2 is 1.71 bits per heavy atom. The average molecular weight is 338 g/mol. The standard InChI is InChI=1S/C16H23FN4O3/c17-10-7-3-4-8-11(10)24-15-12(14(19)22)13(18)20-16(21-15)23-9-5-1-2-6-9/h9-11H,1-8H2,(H2,19,22)(H2,18,20,21). The quantitative estimate of drug-likeness (QED) is 0.850. The normalized spacial score (nSPS) is 24.7. The Morgan fingerprint density at radius 1 is 1.04 bits per heavy atom. The van der Waals surface area contributed by atoms with Gasteiger partial charge in [0.15, 0.2) is 0 Å². The lowest BCUT2D eigenvalue weighted by Crippen LogP contribution is -2.33. The van der Waals surface area contributed by atoms with E-state index in [1.54, 1.807) is 0 Å². The number of ether oxygens (including phenoxy) is 2. The first kappa shape index (κ1) is 16.7. The first-order chi connectivity index (χ1) is 11.5. The summed E-state index contributed by atoms with van der Waals surface area (Å²) in [6, 6.07) is 0.0469. The van der Waals surface area contributed by atoms with Crippen LogP contribution in [0.3, 0.4) is 0 Å². The van der Waals surface area contributed by atoms with E-state index in [9.17, 15) is 9.18 Å². The van der Waals surface area contributed by atoms with E-state index in [1.807, 2.05) is 0 Å². The number of halogens is 1. The molecule has 4 N–H and O–H groups in total. The SMILES string of the molecule is NC(=O)c1c(N)nc(OC2CCCC2)nc1OC1CCCCC1F. The molecular weight excluding hydrogens is 315 g/mol. The third kappa shape index (κ3) is 3.68. The third-order valence-electron chi connectivity index (χ3n) is 4.59. The van der Waals surface area contributed by atoms with E-state index >= 15 is 0 Å². The lowest BCUT2D eigenvalue weighted by molar-refractivity contribution is 0.0576. The summed E-state index contributed by atoms with van der Waals surface area (Å²) in [5.41, 5.74) is 11.1. The maximum absolute atomic E-state index is 14.0. The van der Waals surface area contributed by atoms with Crippen LogP contribution in [-0.4, -0.2) is 34.3 Å². The molecule has 0 saturated heterocycles. The van der Waals surface area contributed by atoms with Gasteiger partial charge in [-0.15, -0.1) is 0 Å². The molecule has 0 aromatic carbocycles. The number of carbonyl (C=O) groups excluding carboxylic acids is 1. The molecule has 2 aliphatic carbocycles. The molecule has 0 spiro atoms. The summed E-state index contributed by atoms with van der Waals surface area (Å²) in [7, 11) is 0. The number of anilines is 1. The van der Waals surface area contributed by atoms with E-state index < -0.39 is 18.2 Å². The molecular formula is C16H23FN4O3. The number of alkyl halides is 1. The number of nitrogen functional groups attached to an aromatic ring is 1. The number of carbonyl (C=O) groups is 1. The highest BCUT2D eigenvalue weighted by atomic mass is 19.1. The second-order valence-electron chi connectivity index (χ2n) is 6.42. The Balaban J connectivity index is 1.85. The summed E-state index contributed by atoms with van der Waals surface area (Å²) >= 11 is 0. The van der Waals surface area contributed by atoms with Crippen molar-refractivity contribution in [1.82, 2.24) is 9.97 Å². The maximum atomic E-state index is 14.0. The first-order valence-corrected chi connectivity index (χ1v) is 8.49. The Morgan fingerprint density at radius 3 is 2.38 bits per heavy atom. The fourth-order valence-electron chi connectivity index (χ4n) is 3.29. The number of nitrogens with zero attached hydrogens (tertiary/aromatic N) is 2. The maximum Gasteiger partial charge on any atom is 0.322 e. The minimum absolute atomic E-state index is 0.0280. The van der Waals surface area contributed by atoms with Crippen LogP contribution in [0.4, 0.5) is 10.2 Å². The summed E-state index contributed by atoms with van der Waals surface area (Å²) in [5.74, 6) is -0.995. The molecule has 1 aromatic rings. The van der Waals surface area contributed by atoms with Gasteiger partial charge in [-0.1, -0.05) is 6.42 Å². The summed E-state index contributed by atoms with van der Waals surface area (Å²) in [6.07, 6.45) is 4.97. The van der Waals surface area contributed by atoms with Gasteiger partial charge in [-0.2, -0.15) is 9.97 Å². The van der Waals surface area contributed by atoms with E-state index in [2.05, 4.69) is 9.97 Å². The van der Waals surface area contributed by atoms with Gasteiger partial charge in [0.25, 0.3) is 5.91 Å². The predicted molar refractivity (Wildman–Crippen MR) is 85.6 cm³/mol. The van der Waals surface area contributed by atoms with E-state index in [0.29, 0.717) is 12.8 Å². The van der Waals surface area contributed by atoms with Gasteiger partial charge in [0.05, 0.1) is 0 Å². The lowest BCUT2D eigenvalue weighted by Gasteiger charge is -2.27. The Bertz CT molecular complexity index is 607. The Kier molecular flexibility index (Phi) is 5.01. The number of rotatable bonds is 5. The van der Waals surface area contributed by atoms with Crippen molar-refractivity contribution in [1.29, 1.82) is 0 Å². The molecule has 24 heavy (non-hydrogen) atoms. The van der Waals surface area contributed by atoms with Gasteiger partial charge in [-0.25, -0.2) is 4.39 Å². The molecule has 0 bridgehead atoms. The van der Waals surface area contributed by atoms with Crippen LogP contribution in [0.15, 0.2) is 0 Å². The average Bonchev–Trinajstić information content (AvgIpc) is 3.01. The van der Waals surface area contributed by atoms with Crippen LogP contribution in [0.2, 0.25) is 0 Å². The minimum atomic E-state index is -1.10. The summed E-state index contributed by atoms with van der Waals surface area (Å²) in [5, 5.41) is 0. The van der Waals surface area contributed by atoms with Crippen molar-refractivity contribution >= 4 is 11.7 Å². The number of nitrogens with two attached hydrogens (primary N) is 2. The zero-order valence-corrected chi connectivity index (χ0v) is 13.5. The summed E-state index contributed by atoms with van der Waals surface area (Å²) in [4.78, 5) is 19.8. The van der Waals surface area contributed by atoms with E-state index in [4.69, 9.17) is 20.9 Å². The van der Waals surface area contributed by atoms with E-state index in [-0.39, 0.29) is 29.4 Å². The van der Waals surface area contributed by atoms with Crippen molar-refractivity contribution in [2.24, 2.45) is 5.73 Å². The third-order valence-corrected chi connectivity index (χ3v) is 4.59. The second-order valence-corrected chi connectivity index (χ2v) is 6.42. The molecule has 8 heteroatoms. The van der Waals surface area contributed by atoms with Crippen molar-refractivity contribution in [2.75, 3.05) is 5.73 Å². The van der Waals surface area contributed by atoms with Crippen LogP contribution in [-0.2, 0) is 0 Å². The monoisotopic (exact) mass is 338 g/mol. The summed E-state index contributed by atoms with van der Waals surface area (Å²) in [6.45, 7) is 0. The van der Waals surface area contributed by atoms with Gasteiger partial charge in [-0.3, -0.25) is 4.79 Å². The lowest BCUT2D eigenvalue weighted by atomic mass is 9.96. The van der Waals surface area contributed by atoms with Crippen LogP contribution in [0.5, 0.6) is 11.9 Å². The van der Waals surface area contributed by atoms with Gasteiger partial charge < -0.3 is 20.9 Å². The molecule has 2 aliphatic rings. The Labute approximate surface area is 139 Å². The smallest absolute Gasteiger partial charge is 0.322 e. The fourth-order valence-corrected chi connectivity index (χ4v) is 3.29. The highest BCUT2D eigenvalue weighted by Crippen LogP contribution is 2.31. The number of hydrogen-bond acceptors (Lipinski definition) is 6. The molecule has 3 rings (SSSR count). The van der Waals surface area contributed by atoms with Gasteiger partial charge in [0.1, 0.15) is 29.8 Å².